The SMILES string of the molecule is [CH2-][NH+]1CCC(OCC#N)CC1. The van der Waals surface area contributed by atoms with E-state index in [4.69, 9.17) is 10.00 Å². The number of nitrogens with zero attached hydrogens (tertiary/aromatic N) is 1. The minimum Gasteiger partial charge on any atom is -0.468 e. The fourth-order valence-electron chi connectivity index (χ4n) is 1.32. The Morgan fingerprint density at radius 3 is 2.73 bits per heavy atom. The molecule has 1 N–H and O–H groups in total. The lowest BCUT2D eigenvalue weighted by molar-refractivity contribution is -0.860. The molecule has 0 aromatic rings. The molecule has 62 valence electrons. The Hall–Kier alpha value is -0.590. The first-order valence-electron chi connectivity index (χ1n) is 3.98. The van der Waals surface area contributed by atoms with Gasteiger partial charge >= 0.3 is 0 Å². The van der Waals surface area contributed by atoms with E-state index in [9.17, 15) is 0 Å². The van der Waals surface area contributed by atoms with Crippen LogP contribution in [0.25, 0.3) is 0 Å². The number of nitrogens with one attached hydrogen (secondary N) is 1. The summed E-state index contributed by atoms with van der Waals surface area (Å²) in [5, 5.41) is 8.26. The van der Waals surface area contributed by atoms with E-state index in [0.29, 0.717) is 6.10 Å². The quantitative estimate of drug-likeness (QED) is 0.537. The van der Waals surface area contributed by atoms with Crippen molar-refractivity contribution in [3.05, 3.63) is 7.05 Å². The zero-order valence-electron chi connectivity index (χ0n) is 6.68. The van der Waals surface area contributed by atoms with Crippen molar-refractivity contribution in [3.8, 4) is 6.07 Å². The molecule has 0 saturated carbocycles. The van der Waals surface area contributed by atoms with Gasteiger partial charge in [0.25, 0.3) is 0 Å². The Bertz CT molecular complexity index is 145. The van der Waals surface area contributed by atoms with Gasteiger partial charge in [0.05, 0.1) is 25.3 Å². The smallest absolute Gasteiger partial charge is 0.134 e. The van der Waals surface area contributed by atoms with Crippen LogP contribution >= 0.6 is 0 Å². The predicted octanol–water partition coefficient (Wildman–Crippen LogP) is -0.635. The standard InChI is InChI=1S/C8H14N2O/c1-10-5-2-8(3-6-10)11-7-4-9/h8,10H,1-3,5-7H2. The summed E-state index contributed by atoms with van der Waals surface area (Å²) in [7, 11) is 3.91. The van der Waals surface area contributed by atoms with Crippen LogP contribution < -0.4 is 4.90 Å². The van der Waals surface area contributed by atoms with Crippen LogP contribution in [-0.2, 0) is 4.74 Å². The van der Waals surface area contributed by atoms with E-state index in [1.165, 1.54) is 4.90 Å². The number of hydrogen-bond donors (Lipinski definition) is 1. The molecule has 11 heavy (non-hydrogen) atoms. The van der Waals surface area contributed by atoms with Crippen LogP contribution in [0.15, 0.2) is 0 Å². The maximum atomic E-state index is 8.26. The molecular weight excluding hydrogens is 140 g/mol. The first-order valence-corrected chi connectivity index (χ1v) is 3.98. The minimum atomic E-state index is 0.233. The van der Waals surface area contributed by atoms with Gasteiger partial charge in [-0.1, -0.05) is 0 Å². The number of ether oxygens (including phenoxy) is 1. The number of hydrogen-bond acceptors (Lipinski definition) is 2. The Labute approximate surface area is 67.6 Å². The molecular formula is C8H14N2O. The summed E-state index contributed by atoms with van der Waals surface area (Å²) >= 11 is 0. The van der Waals surface area contributed by atoms with Gasteiger partial charge in [-0.25, -0.2) is 0 Å². The summed E-state index contributed by atoms with van der Waals surface area (Å²) in [6, 6.07) is 1.98. The molecule has 3 nitrogen and oxygen atoms in total. The van der Waals surface area contributed by atoms with Gasteiger partial charge < -0.3 is 9.64 Å². The maximum Gasteiger partial charge on any atom is 0.134 e. The molecule has 0 spiro atoms. The van der Waals surface area contributed by atoms with Crippen LogP contribution in [0.1, 0.15) is 12.8 Å². The second-order valence-corrected chi connectivity index (χ2v) is 2.92. The van der Waals surface area contributed by atoms with Crippen LogP contribution in [0.3, 0.4) is 0 Å². The molecule has 1 saturated heterocycles. The molecule has 3 heteroatoms. The average molecular weight is 154 g/mol. The Balaban J connectivity index is 2.13. The molecule has 1 aliphatic heterocycles. The number of quaternary nitrogens is 1. The van der Waals surface area contributed by atoms with E-state index in [1.807, 2.05) is 6.07 Å². The van der Waals surface area contributed by atoms with Gasteiger partial charge in [-0.05, 0) is 0 Å². The lowest BCUT2D eigenvalue weighted by Crippen LogP contribution is -3.08. The monoisotopic (exact) mass is 154 g/mol. The van der Waals surface area contributed by atoms with Crippen LogP contribution in [0.4, 0.5) is 0 Å². The van der Waals surface area contributed by atoms with E-state index < -0.39 is 0 Å². The fraction of sp³-hybridized carbons (Fsp3) is 0.750. The van der Waals surface area contributed by atoms with E-state index >= 15 is 0 Å². The third-order valence-corrected chi connectivity index (χ3v) is 2.02. The van der Waals surface area contributed by atoms with Crippen LogP contribution in [0.5, 0.6) is 0 Å². The van der Waals surface area contributed by atoms with Crippen molar-refractivity contribution in [2.75, 3.05) is 19.7 Å². The Morgan fingerprint density at radius 2 is 2.18 bits per heavy atom. The van der Waals surface area contributed by atoms with Gasteiger partial charge in [0.15, 0.2) is 0 Å². The number of piperidine rings is 1. The molecule has 0 unspecified atom stereocenters. The molecule has 0 aromatic carbocycles. The van der Waals surface area contributed by atoms with Crippen LogP contribution in [-0.4, -0.2) is 25.8 Å². The summed E-state index contributed by atoms with van der Waals surface area (Å²) in [5.74, 6) is 0. The third-order valence-electron chi connectivity index (χ3n) is 2.02. The largest absolute Gasteiger partial charge is 0.468 e. The zero-order valence-corrected chi connectivity index (χ0v) is 6.68. The molecule has 0 aliphatic carbocycles. The van der Waals surface area contributed by atoms with Crippen molar-refractivity contribution in [1.82, 2.24) is 0 Å². The average Bonchev–Trinajstić information content (AvgIpc) is 2.04. The van der Waals surface area contributed by atoms with Crippen LogP contribution in [0.2, 0.25) is 0 Å². The molecule has 0 bridgehead atoms. The van der Waals surface area contributed by atoms with Crippen molar-refractivity contribution in [1.29, 1.82) is 5.26 Å². The number of rotatable bonds is 2. The van der Waals surface area contributed by atoms with Crippen LogP contribution in [0, 0.1) is 18.4 Å². The van der Waals surface area contributed by atoms with Gasteiger partial charge in [0, 0.05) is 12.8 Å². The van der Waals surface area contributed by atoms with Crippen molar-refractivity contribution < 1.29 is 9.64 Å². The molecule has 0 atom stereocenters. The van der Waals surface area contributed by atoms with Gasteiger partial charge in [0.1, 0.15) is 6.61 Å². The first-order chi connectivity index (χ1) is 5.33. The molecule has 0 amide bonds. The molecule has 1 fully saturated rings. The molecule has 1 rings (SSSR count). The van der Waals surface area contributed by atoms with E-state index in [1.54, 1.807) is 0 Å². The number of likely N-dealkylation sites (tertiary alicyclic amines) is 1. The maximum absolute atomic E-state index is 8.26. The molecule has 0 aromatic heterocycles. The second kappa shape index (κ2) is 4.32. The van der Waals surface area contributed by atoms with Gasteiger partial charge in [0.2, 0.25) is 0 Å². The lowest BCUT2D eigenvalue weighted by atomic mass is 10.1. The van der Waals surface area contributed by atoms with Gasteiger partial charge in [-0.2, -0.15) is 12.3 Å². The topological polar surface area (TPSA) is 37.5 Å². The highest BCUT2D eigenvalue weighted by atomic mass is 16.5. The highest BCUT2D eigenvalue weighted by Crippen LogP contribution is 2.03. The summed E-state index contributed by atoms with van der Waals surface area (Å²) in [6.07, 6.45) is 2.39. The predicted molar refractivity (Wildman–Crippen MR) is 40.6 cm³/mol. The van der Waals surface area contributed by atoms with Crippen molar-refractivity contribution in [2.24, 2.45) is 0 Å². The van der Waals surface area contributed by atoms with E-state index in [-0.39, 0.29) is 6.61 Å². The molecule has 0 radical (unpaired) electrons. The normalized spacial score (nSPS) is 31.3. The van der Waals surface area contributed by atoms with Gasteiger partial charge in [-0.15, -0.1) is 0 Å². The lowest BCUT2D eigenvalue weighted by Gasteiger charge is -2.30. The molecule has 1 aliphatic rings. The van der Waals surface area contributed by atoms with Gasteiger partial charge in [-0.3, -0.25) is 0 Å². The summed E-state index contributed by atoms with van der Waals surface area (Å²) < 4.78 is 5.28. The van der Waals surface area contributed by atoms with Crippen molar-refractivity contribution >= 4 is 0 Å². The van der Waals surface area contributed by atoms with E-state index in [0.717, 1.165) is 25.9 Å². The highest BCUT2D eigenvalue weighted by Gasteiger charge is 2.16. The Kier molecular flexibility index (Phi) is 3.34. The molecule has 1 heterocycles. The fourth-order valence-corrected chi connectivity index (χ4v) is 1.32. The van der Waals surface area contributed by atoms with Crippen molar-refractivity contribution in [3.63, 3.8) is 0 Å². The summed E-state index contributed by atoms with van der Waals surface area (Å²) in [5.41, 5.74) is 0. The van der Waals surface area contributed by atoms with E-state index in [2.05, 4.69) is 7.05 Å². The number of nitriles is 1. The second-order valence-electron chi connectivity index (χ2n) is 2.92. The third kappa shape index (κ3) is 2.87. The summed E-state index contributed by atoms with van der Waals surface area (Å²) in [6.45, 7) is 2.36. The zero-order chi connectivity index (χ0) is 8.10. The van der Waals surface area contributed by atoms with Crippen molar-refractivity contribution in [2.45, 2.75) is 18.9 Å². The highest BCUT2D eigenvalue weighted by molar-refractivity contribution is 4.70. The minimum absolute atomic E-state index is 0.233. The Morgan fingerprint density at radius 1 is 1.55 bits per heavy atom. The first kappa shape index (κ1) is 8.51. The summed E-state index contributed by atoms with van der Waals surface area (Å²) in [4.78, 5) is 1.32.